The molecule has 5 atom stereocenters. The van der Waals surface area contributed by atoms with Crippen molar-refractivity contribution < 1.29 is 19.3 Å². The summed E-state index contributed by atoms with van der Waals surface area (Å²) >= 11 is 11.9. The fourth-order valence-corrected chi connectivity index (χ4v) is 2.86. The lowest BCUT2D eigenvalue weighted by Crippen LogP contribution is -2.50. The van der Waals surface area contributed by atoms with Crippen LogP contribution in [0.5, 0.6) is 0 Å². The molecule has 5 N–H and O–H groups in total. The molecule has 2 aliphatic rings. The standard InChI is InChI=1S/C11H16Cl2FN3O3/c1-5-16-9(15)6(14)2-17(5)10-7(13)8(19)11(3-12,4-18)20-10/h2,7-10,16,18-19H,1,3-4,15H2/t7-,8+,9?,10-,11-/m1/s1. The third-order valence-electron chi connectivity index (χ3n) is 3.43. The Morgan fingerprint density at radius 3 is 2.80 bits per heavy atom. The van der Waals surface area contributed by atoms with Crippen LogP contribution in [0.3, 0.4) is 0 Å². The maximum atomic E-state index is 13.6. The Morgan fingerprint density at radius 2 is 2.30 bits per heavy atom. The van der Waals surface area contributed by atoms with Gasteiger partial charge in [0.1, 0.15) is 29.1 Å². The van der Waals surface area contributed by atoms with Gasteiger partial charge >= 0.3 is 0 Å². The molecule has 0 saturated carbocycles. The van der Waals surface area contributed by atoms with E-state index >= 15 is 0 Å². The van der Waals surface area contributed by atoms with Gasteiger partial charge in [0.15, 0.2) is 12.1 Å². The van der Waals surface area contributed by atoms with Gasteiger partial charge in [-0.2, -0.15) is 0 Å². The minimum Gasteiger partial charge on any atom is -0.393 e. The number of aliphatic hydroxyl groups is 2. The molecule has 0 amide bonds. The van der Waals surface area contributed by atoms with Crippen molar-refractivity contribution in [2.75, 3.05) is 12.5 Å². The van der Waals surface area contributed by atoms with Gasteiger partial charge < -0.3 is 30.9 Å². The van der Waals surface area contributed by atoms with E-state index in [-0.39, 0.29) is 11.7 Å². The van der Waals surface area contributed by atoms with Gasteiger partial charge in [0.05, 0.1) is 12.5 Å². The van der Waals surface area contributed by atoms with E-state index < -0.39 is 41.9 Å². The first-order valence-electron chi connectivity index (χ1n) is 5.89. The summed E-state index contributed by atoms with van der Waals surface area (Å²) in [6.07, 6.45) is -2.04. The van der Waals surface area contributed by atoms with Crippen molar-refractivity contribution in [2.24, 2.45) is 5.73 Å². The number of nitrogens with one attached hydrogen (secondary N) is 1. The Balaban J connectivity index is 2.28. The molecule has 0 bridgehead atoms. The molecule has 1 unspecified atom stereocenters. The lowest BCUT2D eigenvalue weighted by atomic mass is 10.00. The molecule has 2 heterocycles. The molecule has 2 rings (SSSR count). The summed E-state index contributed by atoms with van der Waals surface area (Å²) in [6, 6.07) is 0. The topological polar surface area (TPSA) is 91.0 Å². The van der Waals surface area contributed by atoms with E-state index in [1.165, 1.54) is 4.90 Å². The van der Waals surface area contributed by atoms with Crippen LogP contribution in [-0.2, 0) is 4.74 Å². The first kappa shape index (κ1) is 15.8. The van der Waals surface area contributed by atoms with Gasteiger partial charge in [0.2, 0.25) is 0 Å². The molecule has 2 aliphatic heterocycles. The highest BCUT2D eigenvalue weighted by molar-refractivity contribution is 6.22. The van der Waals surface area contributed by atoms with E-state index in [9.17, 15) is 14.6 Å². The molecule has 0 radical (unpaired) electrons. The Bertz CT molecular complexity index is 433. The number of hydrogen-bond acceptors (Lipinski definition) is 6. The van der Waals surface area contributed by atoms with E-state index in [0.29, 0.717) is 0 Å². The molecule has 114 valence electrons. The van der Waals surface area contributed by atoms with Crippen molar-refractivity contribution in [1.82, 2.24) is 10.2 Å². The Kier molecular flexibility index (Phi) is 4.48. The zero-order valence-electron chi connectivity index (χ0n) is 10.5. The second-order valence-electron chi connectivity index (χ2n) is 4.74. The lowest BCUT2D eigenvalue weighted by molar-refractivity contribution is -0.121. The second-order valence-corrected chi connectivity index (χ2v) is 5.52. The molecule has 20 heavy (non-hydrogen) atoms. The van der Waals surface area contributed by atoms with Crippen LogP contribution in [0.25, 0.3) is 0 Å². The zero-order chi connectivity index (χ0) is 15.1. The monoisotopic (exact) mass is 327 g/mol. The fraction of sp³-hybridized carbons (Fsp3) is 0.636. The highest BCUT2D eigenvalue weighted by Gasteiger charge is 2.55. The Labute approximate surface area is 125 Å². The van der Waals surface area contributed by atoms with Gasteiger partial charge in [-0.3, -0.25) is 0 Å². The van der Waals surface area contributed by atoms with Crippen LogP contribution >= 0.6 is 23.2 Å². The van der Waals surface area contributed by atoms with E-state index in [4.69, 9.17) is 33.7 Å². The summed E-state index contributed by atoms with van der Waals surface area (Å²) in [4.78, 5) is 1.28. The van der Waals surface area contributed by atoms with Crippen LogP contribution in [-0.4, -0.2) is 57.1 Å². The fourth-order valence-electron chi connectivity index (χ4n) is 2.16. The van der Waals surface area contributed by atoms with Gasteiger partial charge in [-0.15, -0.1) is 23.2 Å². The summed E-state index contributed by atoms with van der Waals surface area (Å²) in [5.74, 6) is -0.527. The van der Waals surface area contributed by atoms with Gasteiger partial charge in [-0.1, -0.05) is 6.58 Å². The van der Waals surface area contributed by atoms with Crippen molar-refractivity contribution in [3.8, 4) is 0 Å². The van der Waals surface area contributed by atoms with Gasteiger partial charge in [0.25, 0.3) is 0 Å². The minimum atomic E-state index is -1.40. The van der Waals surface area contributed by atoms with Crippen molar-refractivity contribution in [2.45, 2.75) is 29.5 Å². The maximum Gasteiger partial charge on any atom is 0.155 e. The van der Waals surface area contributed by atoms with Gasteiger partial charge in [0, 0.05) is 6.20 Å². The highest BCUT2D eigenvalue weighted by Crippen LogP contribution is 2.38. The number of hydrogen-bond donors (Lipinski definition) is 4. The third-order valence-corrected chi connectivity index (χ3v) is 4.34. The summed E-state index contributed by atoms with van der Waals surface area (Å²) in [7, 11) is 0. The molecule has 0 spiro atoms. The first-order chi connectivity index (χ1) is 9.36. The molecule has 0 aromatic heterocycles. The first-order valence-corrected chi connectivity index (χ1v) is 6.87. The lowest BCUT2D eigenvalue weighted by Gasteiger charge is -2.36. The maximum absolute atomic E-state index is 13.6. The predicted octanol–water partition coefficient (Wildman–Crippen LogP) is -0.247. The molecule has 9 heteroatoms. The van der Waals surface area contributed by atoms with Gasteiger partial charge in [-0.05, 0) is 0 Å². The van der Waals surface area contributed by atoms with Crippen LogP contribution in [0, 0.1) is 0 Å². The minimum absolute atomic E-state index is 0.163. The van der Waals surface area contributed by atoms with E-state index in [1.807, 2.05) is 0 Å². The summed E-state index contributed by atoms with van der Waals surface area (Å²) < 4.78 is 19.2. The van der Waals surface area contributed by atoms with Crippen molar-refractivity contribution >= 4 is 23.2 Å². The number of rotatable bonds is 3. The average Bonchev–Trinajstić information content (AvgIpc) is 2.68. The third kappa shape index (κ3) is 2.38. The summed E-state index contributed by atoms with van der Waals surface area (Å²) in [5, 5.41) is 21.2. The number of aliphatic hydroxyl groups excluding tert-OH is 2. The van der Waals surface area contributed by atoms with Crippen LogP contribution in [0.15, 0.2) is 24.4 Å². The normalized spacial score (nSPS) is 41.6. The molecule has 0 aromatic rings. The van der Waals surface area contributed by atoms with Crippen LogP contribution < -0.4 is 11.1 Å². The Morgan fingerprint density at radius 1 is 1.65 bits per heavy atom. The summed E-state index contributed by atoms with van der Waals surface area (Å²) in [6.45, 7) is 3.17. The van der Waals surface area contributed by atoms with Crippen molar-refractivity contribution in [1.29, 1.82) is 0 Å². The van der Waals surface area contributed by atoms with E-state index in [0.717, 1.165) is 6.20 Å². The van der Waals surface area contributed by atoms with E-state index in [1.54, 1.807) is 0 Å². The molecule has 0 aliphatic carbocycles. The average molecular weight is 328 g/mol. The molecule has 6 nitrogen and oxygen atoms in total. The van der Waals surface area contributed by atoms with Crippen LogP contribution in [0.1, 0.15) is 0 Å². The second kappa shape index (κ2) is 5.67. The largest absolute Gasteiger partial charge is 0.393 e. The number of ether oxygens (including phenoxy) is 1. The van der Waals surface area contributed by atoms with Crippen LogP contribution in [0.2, 0.25) is 0 Å². The number of nitrogens with zero attached hydrogens (tertiary/aromatic N) is 1. The van der Waals surface area contributed by atoms with Crippen LogP contribution in [0.4, 0.5) is 4.39 Å². The van der Waals surface area contributed by atoms with Gasteiger partial charge in [-0.25, -0.2) is 4.39 Å². The molecule has 1 saturated heterocycles. The predicted molar refractivity (Wildman–Crippen MR) is 72.3 cm³/mol. The molecular formula is C11H16Cl2FN3O3. The molecule has 1 fully saturated rings. The molecular weight excluding hydrogens is 312 g/mol. The number of alkyl halides is 2. The number of halogens is 3. The Hall–Kier alpha value is -0.570. The van der Waals surface area contributed by atoms with Crippen molar-refractivity contribution in [3.63, 3.8) is 0 Å². The van der Waals surface area contributed by atoms with E-state index in [2.05, 4.69) is 11.9 Å². The van der Waals surface area contributed by atoms with Crippen molar-refractivity contribution in [3.05, 3.63) is 24.4 Å². The smallest absolute Gasteiger partial charge is 0.155 e. The molecule has 0 aromatic carbocycles. The highest BCUT2D eigenvalue weighted by atomic mass is 35.5. The SMILES string of the molecule is C=C1NC(N)C(F)=CN1[C@@H]1O[C@@](CO)(CCl)[C@@H](O)[C@H]1Cl. The zero-order valence-corrected chi connectivity index (χ0v) is 12.0. The number of nitrogens with two attached hydrogens (primary N) is 1. The quantitative estimate of drug-likeness (QED) is 0.534. The summed E-state index contributed by atoms with van der Waals surface area (Å²) in [5.41, 5.74) is 4.07.